The minimum Gasteiger partial charge on any atom is -0.480 e. The molecule has 0 radical (unpaired) electrons. The first kappa shape index (κ1) is 13.0. The second kappa shape index (κ2) is 5.29. The second-order valence-electron chi connectivity index (χ2n) is 3.48. The first-order valence-corrected chi connectivity index (χ1v) is 4.96. The van der Waals surface area contributed by atoms with E-state index in [0.29, 0.717) is 5.69 Å². The van der Waals surface area contributed by atoms with Gasteiger partial charge in [0.15, 0.2) is 0 Å². The van der Waals surface area contributed by atoms with Gasteiger partial charge in [-0.25, -0.2) is 4.39 Å². The summed E-state index contributed by atoms with van der Waals surface area (Å²) in [5, 5.41) is 13.6. The van der Waals surface area contributed by atoms with Crippen LogP contribution in [-0.2, 0) is 4.79 Å². The van der Waals surface area contributed by atoms with E-state index in [1.807, 2.05) is 0 Å². The van der Waals surface area contributed by atoms with E-state index in [1.54, 1.807) is 0 Å². The Morgan fingerprint density at radius 3 is 2.53 bits per heavy atom. The summed E-state index contributed by atoms with van der Waals surface area (Å²) in [4.78, 5) is 21.8. The standard InChI is InChI=1S/C11H13FN2O3/c1-6(11(16)17)14-7-3-4-8(9(12)5-7)10(15)13-2/h3-6,14H,1-2H3,(H,13,15)(H,16,17)/t6-/m1/s1. The molecule has 0 unspecified atom stereocenters. The van der Waals surface area contributed by atoms with Crippen LogP contribution in [-0.4, -0.2) is 30.1 Å². The number of hydrogen-bond acceptors (Lipinski definition) is 3. The lowest BCUT2D eigenvalue weighted by Crippen LogP contribution is -2.25. The fourth-order valence-corrected chi connectivity index (χ4v) is 1.24. The van der Waals surface area contributed by atoms with E-state index in [-0.39, 0.29) is 5.56 Å². The molecule has 1 atom stereocenters. The molecule has 0 saturated carbocycles. The van der Waals surface area contributed by atoms with Crippen molar-refractivity contribution in [3.8, 4) is 0 Å². The van der Waals surface area contributed by atoms with Crippen molar-refractivity contribution in [2.45, 2.75) is 13.0 Å². The molecule has 3 N–H and O–H groups in total. The predicted octanol–water partition coefficient (Wildman–Crippen LogP) is 1.07. The molecule has 0 heterocycles. The highest BCUT2D eigenvalue weighted by molar-refractivity contribution is 5.94. The molecule has 17 heavy (non-hydrogen) atoms. The molecular formula is C11H13FN2O3. The lowest BCUT2D eigenvalue weighted by atomic mass is 10.1. The largest absolute Gasteiger partial charge is 0.480 e. The first-order chi connectivity index (χ1) is 7.95. The molecule has 0 aliphatic carbocycles. The molecule has 0 aromatic heterocycles. The average Bonchev–Trinajstić information content (AvgIpc) is 2.28. The topological polar surface area (TPSA) is 78.4 Å². The number of carboxylic acids is 1. The molecule has 0 aliphatic rings. The Morgan fingerprint density at radius 2 is 2.06 bits per heavy atom. The molecule has 0 fully saturated rings. The zero-order valence-corrected chi connectivity index (χ0v) is 9.45. The van der Waals surface area contributed by atoms with Crippen molar-refractivity contribution in [1.82, 2.24) is 5.32 Å². The zero-order valence-electron chi connectivity index (χ0n) is 9.45. The number of aliphatic carboxylic acids is 1. The van der Waals surface area contributed by atoms with Crippen molar-refractivity contribution < 1.29 is 19.1 Å². The van der Waals surface area contributed by atoms with E-state index >= 15 is 0 Å². The van der Waals surface area contributed by atoms with E-state index in [0.717, 1.165) is 6.07 Å². The summed E-state index contributed by atoms with van der Waals surface area (Å²) in [6, 6.07) is 3.00. The number of halogens is 1. The van der Waals surface area contributed by atoms with Crippen LogP contribution in [0.15, 0.2) is 18.2 Å². The Morgan fingerprint density at radius 1 is 1.41 bits per heavy atom. The number of nitrogens with one attached hydrogen (secondary N) is 2. The SMILES string of the molecule is CNC(=O)c1ccc(N[C@H](C)C(=O)O)cc1F. The van der Waals surface area contributed by atoms with Crippen LogP contribution in [0.5, 0.6) is 0 Å². The van der Waals surface area contributed by atoms with Crippen LogP contribution in [0.1, 0.15) is 17.3 Å². The van der Waals surface area contributed by atoms with E-state index in [9.17, 15) is 14.0 Å². The summed E-state index contributed by atoms with van der Waals surface area (Å²) < 4.78 is 13.5. The maximum absolute atomic E-state index is 13.5. The minimum absolute atomic E-state index is 0.0824. The van der Waals surface area contributed by atoms with Gasteiger partial charge < -0.3 is 15.7 Å². The minimum atomic E-state index is -1.04. The predicted molar refractivity (Wildman–Crippen MR) is 60.5 cm³/mol. The van der Waals surface area contributed by atoms with Crippen molar-refractivity contribution in [1.29, 1.82) is 0 Å². The highest BCUT2D eigenvalue weighted by Crippen LogP contribution is 2.15. The van der Waals surface area contributed by atoms with Crippen molar-refractivity contribution in [2.24, 2.45) is 0 Å². The maximum Gasteiger partial charge on any atom is 0.325 e. The number of amides is 1. The summed E-state index contributed by atoms with van der Waals surface area (Å²) in [6.07, 6.45) is 0. The van der Waals surface area contributed by atoms with Crippen LogP contribution >= 0.6 is 0 Å². The van der Waals surface area contributed by atoms with E-state index in [4.69, 9.17) is 5.11 Å². The third kappa shape index (κ3) is 3.17. The molecule has 0 saturated heterocycles. The molecule has 92 valence electrons. The van der Waals surface area contributed by atoms with Crippen LogP contribution in [0, 0.1) is 5.82 Å². The summed E-state index contributed by atoms with van der Waals surface area (Å²) in [5.74, 6) is -2.27. The fourth-order valence-electron chi connectivity index (χ4n) is 1.24. The quantitative estimate of drug-likeness (QED) is 0.735. The average molecular weight is 240 g/mol. The molecule has 1 rings (SSSR count). The van der Waals surface area contributed by atoms with Crippen LogP contribution in [0.2, 0.25) is 0 Å². The van der Waals surface area contributed by atoms with Gasteiger partial charge in [0.05, 0.1) is 5.56 Å². The number of benzene rings is 1. The Bertz CT molecular complexity index is 448. The van der Waals surface area contributed by atoms with Gasteiger partial charge in [-0.15, -0.1) is 0 Å². The third-order valence-electron chi connectivity index (χ3n) is 2.19. The van der Waals surface area contributed by atoms with Crippen molar-refractivity contribution >= 4 is 17.6 Å². The van der Waals surface area contributed by atoms with Gasteiger partial charge in [0.2, 0.25) is 0 Å². The Labute approximate surface area is 97.6 Å². The number of rotatable bonds is 4. The zero-order chi connectivity index (χ0) is 13.0. The molecule has 0 aliphatic heterocycles. The first-order valence-electron chi connectivity index (χ1n) is 4.96. The van der Waals surface area contributed by atoms with Gasteiger partial charge in [0.1, 0.15) is 11.9 Å². The highest BCUT2D eigenvalue weighted by Gasteiger charge is 2.13. The van der Waals surface area contributed by atoms with Crippen LogP contribution in [0.25, 0.3) is 0 Å². The number of hydrogen-bond donors (Lipinski definition) is 3. The monoisotopic (exact) mass is 240 g/mol. The van der Waals surface area contributed by atoms with Crippen molar-refractivity contribution in [2.75, 3.05) is 12.4 Å². The number of anilines is 1. The normalized spacial score (nSPS) is 11.7. The number of carbonyl (C=O) groups excluding carboxylic acids is 1. The lowest BCUT2D eigenvalue weighted by molar-refractivity contribution is -0.137. The molecule has 5 nitrogen and oxygen atoms in total. The number of carbonyl (C=O) groups is 2. The number of carboxylic acid groups (broad SMARTS) is 1. The van der Waals surface area contributed by atoms with Gasteiger partial charge in [-0.3, -0.25) is 9.59 Å². The summed E-state index contributed by atoms with van der Waals surface area (Å²) in [7, 11) is 1.40. The maximum atomic E-state index is 13.5. The van der Waals surface area contributed by atoms with E-state index in [1.165, 1.54) is 26.1 Å². The molecule has 6 heteroatoms. The molecule has 0 bridgehead atoms. The van der Waals surface area contributed by atoms with Crippen LogP contribution in [0.3, 0.4) is 0 Å². The van der Waals surface area contributed by atoms with E-state index in [2.05, 4.69) is 10.6 Å². The Hall–Kier alpha value is -2.11. The van der Waals surface area contributed by atoms with E-state index < -0.39 is 23.7 Å². The van der Waals surface area contributed by atoms with Gasteiger partial charge in [0.25, 0.3) is 5.91 Å². The lowest BCUT2D eigenvalue weighted by Gasteiger charge is -2.11. The van der Waals surface area contributed by atoms with Crippen LogP contribution in [0.4, 0.5) is 10.1 Å². The smallest absolute Gasteiger partial charge is 0.325 e. The molecule has 1 aromatic rings. The summed E-state index contributed by atoms with van der Waals surface area (Å²) >= 11 is 0. The molecule has 1 amide bonds. The summed E-state index contributed by atoms with van der Waals surface area (Å²) in [6.45, 7) is 1.44. The molecule has 1 aromatic carbocycles. The Balaban J connectivity index is 2.89. The van der Waals surface area contributed by atoms with Gasteiger partial charge in [0, 0.05) is 12.7 Å². The fraction of sp³-hybridized carbons (Fsp3) is 0.273. The summed E-state index contributed by atoms with van der Waals surface area (Å²) in [5.41, 5.74) is 0.228. The Kier molecular flexibility index (Phi) is 4.03. The highest BCUT2D eigenvalue weighted by atomic mass is 19.1. The van der Waals surface area contributed by atoms with Gasteiger partial charge in [-0.2, -0.15) is 0 Å². The van der Waals surface area contributed by atoms with Gasteiger partial charge >= 0.3 is 5.97 Å². The van der Waals surface area contributed by atoms with Gasteiger partial charge in [-0.05, 0) is 25.1 Å². The third-order valence-corrected chi connectivity index (χ3v) is 2.19. The van der Waals surface area contributed by atoms with Gasteiger partial charge in [-0.1, -0.05) is 0 Å². The van der Waals surface area contributed by atoms with Crippen LogP contribution < -0.4 is 10.6 Å². The van der Waals surface area contributed by atoms with Crippen molar-refractivity contribution in [3.63, 3.8) is 0 Å². The second-order valence-corrected chi connectivity index (χ2v) is 3.48. The molecular weight excluding hydrogens is 227 g/mol. The van der Waals surface area contributed by atoms with Crippen molar-refractivity contribution in [3.05, 3.63) is 29.6 Å². The molecule has 0 spiro atoms.